The second-order valence-electron chi connectivity index (χ2n) is 8.37. The number of pyridine rings is 1. The second kappa shape index (κ2) is 5.39. The highest BCUT2D eigenvalue weighted by Crippen LogP contribution is 2.47. The molecule has 0 aromatic carbocycles. The Morgan fingerprint density at radius 2 is 2.00 bits per heavy atom. The molecule has 3 rings (SSSR count). The highest BCUT2D eigenvalue weighted by molar-refractivity contribution is 5.32. The van der Waals surface area contributed by atoms with E-state index in [1.54, 1.807) is 0 Å². The van der Waals surface area contributed by atoms with Gasteiger partial charge in [-0.25, -0.2) is 0 Å². The lowest BCUT2D eigenvalue weighted by molar-refractivity contribution is 0.207. The monoisotopic (exact) mass is 286 g/mol. The lowest BCUT2D eigenvalue weighted by atomic mass is 9.74. The minimum Gasteiger partial charge on any atom is -0.324 e. The number of nitrogens with two attached hydrogens (primary N) is 1. The zero-order valence-electron chi connectivity index (χ0n) is 13.9. The van der Waals surface area contributed by atoms with Crippen LogP contribution in [0.15, 0.2) is 18.3 Å². The molecule has 1 fully saturated rings. The number of aromatic nitrogens is 1. The van der Waals surface area contributed by atoms with Crippen LogP contribution in [0.5, 0.6) is 0 Å². The molecule has 2 nitrogen and oxygen atoms in total. The van der Waals surface area contributed by atoms with Crippen molar-refractivity contribution in [2.45, 2.75) is 77.2 Å². The third-order valence-electron chi connectivity index (χ3n) is 6.03. The van der Waals surface area contributed by atoms with Gasteiger partial charge in [-0.05, 0) is 61.5 Å². The van der Waals surface area contributed by atoms with Crippen LogP contribution in [0.1, 0.15) is 76.5 Å². The SMILES string of the molecule is CC(C)(C)C1CCCC(N)(C2CCc3cccnc32)CC1. The first kappa shape index (κ1) is 15.0. The second-order valence-corrected chi connectivity index (χ2v) is 8.37. The van der Waals surface area contributed by atoms with Crippen LogP contribution in [0.25, 0.3) is 0 Å². The number of nitrogens with zero attached hydrogens (tertiary/aromatic N) is 1. The van der Waals surface area contributed by atoms with Gasteiger partial charge in [0.25, 0.3) is 0 Å². The molecule has 1 aromatic rings. The van der Waals surface area contributed by atoms with Crippen molar-refractivity contribution in [3.63, 3.8) is 0 Å². The molecule has 3 atom stereocenters. The molecule has 0 spiro atoms. The van der Waals surface area contributed by atoms with Crippen LogP contribution >= 0.6 is 0 Å². The summed E-state index contributed by atoms with van der Waals surface area (Å²) in [6.45, 7) is 7.15. The van der Waals surface area contributed by atoms with Crippen molar-refractivity contribution in [2.24, 2.45) is 17.1 Å². The molecule has 1 heterocycles. The third kappa shape index (κ3) is 2.88. The predicted octanol–water partition coefficient (Wildman–Crippen LogP) is 4.44. The number of fused-ring (bicyclic) bond motifs is 1. The number of aryl methyl sites for hydroxylation is 1. The molecule has 0 aliphatic heterocycles. The van der Waals surface area contributed by atoms with Crippen LogP contribution in [0.4, 0.5) is 0 Å². The topological polar surface area (TPSA) is 38.9 Å². The summed E-state index contributed by atoms with van der Waals surface area (Å²) in [7, 11) is 0. The van der Waals surface area contributed by atoms with Gasteiger partial charge in [-0.2, -0.15) is 0 Å². The van der Waals surface area contributed by atoms with Crippen molar-refractivity contribution >= 4 is 0 Å². The Bertz CT molecular complexity index is 503. The lowest BCUT2D eigenvalue weighted by Crippen LogP contribution is -2.45. The van der Waals surface area contributed by atoms with Gasteiger partial charge in [-0.15, -0.1) is 0 Å². The van der Waals surface area contributed by atoms with E-state index in [1.807, 2.05) is 6.20 Å². The van der Waals surface area contributed by atoms with Gasteiger partial charge < -0.3 is 5.73 Å². The number of hydrogen-bond acceptors (Lipinski definition) is 2. The summed E-state index contributed by atoms with van der Waals surface area (Å²) >= 11 is 0. The van der Waals surface area contributed by atoms with Gasteiger partial charge in [0, 0.05) is 23.3 Å². The summed E-state index contributed by atoms with van der Waals surface area (Å²) in [6, 6.07) is 4.30. The highest BCUT2D eigenvalue weighted by atomic mass is 14.8. The van der Waals surface area contributed by atoms with E-state index in [-0.39, 0.29) is 5.54 Å². The van der Waals surface area contributed by atoms with Crippen molar-refractivity contribution < 1.29 is 0 Å². The summed E-state index contributed by atoms with van der Waals surface area (Å²) in [5.74, 6) is 1.29. The Hall–Kier alpha value is -0.890. The molecular weight excluding hydrogens is 256 g/mol. The predicted molar refractivity (Wildman–Crippen MR) is 88.2 cm³/mol. The molecule has 2 N–H and O–H groups in total. The average Bonchev–Trinajstić information content (AvgIpc) is 2.75. The normalized spacial score (nSPS) is 33.5. The van der Waals surface area contributed by atoms with Gasteiger partial charge in [0.1, 0.15) is 0 Å². The van der Waals surface area contributed by atoms with Crippen molar-refractivity contribution in [3.8, 4) is 0 Å². The Labute approximate surface area is 129 Å². The van der Waals surface area contributed by atoms with E-state index >= 15 is 0 Å². The molecule has 0 saturated heterocycles. The van der Waals surface area contributed by atoms with Crippen molar-refractivity contribution in [1.29, 1.82) is 0 Å². The van der Waals surface area contributed by atoms with Crippen molar-refractivity contribution in [3.05, 3.63) is 29.6 Å². The van der Waals surface area contributed by atoms with Gasteiger partial charge >= 0.3 is 0 Å². The molecule has 2 aliphatic rings. The Kier molecular flexibility index (Phi) is 3.85. The van der Waals surface area contributed by atoms with Gasteiger partial charge in [0.05, 0.1) is 0 Å². The summed E-state index contributed by atoms with van der Waals surface area (Å²) < 4.78 is 0. The van der Waals surface area contributed by atoms with E-state index in [9.17, 15) is 0 Å². The van der Waals surface area contributed by atoms with E-state index in [4.69, 9.17) is 5.73 Å². The maximum Gasteiger partial charge on any atom is 0.0484 e. The fourth-order valence-corrected chi connectivity index (χ4v) is 4.58. The first-order chi connectivity index (χ1) is 9.90. The molecule has 3 unspecified atom stereocenters. The maximum absolute atomic E-state index is 6.94. The summed E-state index contributed by atoms with van der Waals surface area (Å²) in [5.41, 5.74) is 10.1. The Morgan fingerprint density at radius 1 is 1.19 bits per heavy atom. The van der Waals surface area contributed by atoms with Crippen LogP contribution in [-0.2, 0) is 6.42 Å². The number of hydrogen-bond donors (Lipinski definition) is 1. The molecule has 0 bridgehead atoms. The highest BCUT2D eigenvalue weighted by Gasteiger charge is 2.42. The molecule has 1 saturated carbocycles. The molecule has 0 amide bonds. The molecule has 116 valence electrons. The van der Waals surface area contributed by atoms with E-state index in [0.717, 1.165) is 18.8 Å². The fourth-order valence-electron chi connectivity index (χ4n) is 4.58. The average molecular weight is 286 g/mol. The molecule has 21 heavy (non-hydrogen) atoms. The van der Waals surface area contributed by atoms with Crippen LogP contribution in [-0.4, -0.2) is 10.5 Å². The molecule has 1 aromatic heterocycles. The van der Waals surface area contributed by atoms with Gasteiger partial charge in [-0.3, -0.25) is 4.98 Å². The molecule has 0 radical (unpaired) electrons. The van der Waals surface area contributed by atoms with Gasteiger partial charge in [-0.1, -0.05) is 33.3 Å². The lowest BCUT2D eigenvalue weighted by Gasteiger charge is -2.35. The zero-order valence-corrected chi connectivity index (χ0v) is 13.9. The van der Waals surface area contributed by atoms with Crippen LogP contribution in [0.3, 0.4) is 0 Å². The zero-order chi connectivity index (χ0) is 15.1. The van der Waals surface area contributed by atoms with Gasteiger partial charge in [0.2, 0.25) is 0 Å². The van der Waals surface area contributed by atoms with E-state index in [1.165, 1.54) is 43.4 Å². The first-order valence-electron chi connectivity index (χ1n) is 8.63. The van der Waals surface area contributed by atoms with Crippen LogP contribution in [0, 0.1) is 11.3 Å². The summed E-state index contributed by atoms with van der Waals surface area (Å²) in [6.07, 6.45) is 10.5. The molecule has 2 heteroatoms. The summed E-state index contributed by atoms with van der Waals surface area (Å²) in [5, 5.41) is 0. The number of rotatable bonds is 1. The quantitative estimate of drug-likeness (QED) is 0.775. The van der Waals surface area contributed by atoms with Crippen molar-refractivity contribution in [2.75, 3.05) is 0 Å². The largest absolute Gasteiger partial charge is 0.324 e. The summed E-state index contributed by atoms with van der Waals surface area (Å²) in [4.78, 5) is 4.68. The Morgan fingerprint density at radius 3 is 2.76 bits per heavy atom. The Balaban J connectivity index is 1.80. The van der Waals surface area contributed by atoms with E-state index < -0.39 is 0 Å². The van der Waals surface area contributed by atoms with Crippen molar-refractivity contribution in [1.82, 2.24) is 4.98 Å². The molecular formula is C19H30N2. The van der Waals surface area contributed by atoms with E-state index in [0.29, 0.717) is 11.3 Å². The minimum absolute atomic E-state index is 0.0282. The van der Waals surface area contributed by atoms with Crippen LogP contribution in [0.2, 0.25) is 0 Å². The minimum atomic E-state index is -0.0282. The van der Waals surface area contributed by atoms with Crippen LogP contribution < -0.4 is 5.73 Å². The fraction of sp³-hybridized carbons (Fsp3) is 0.737. The van der Waals surface area contributed by atoms with E-state index in [2.05, 4.69) is 37.9 Å². The smallest absolute Gasteiger partial charge is 0.0484 e. The maximum atomic E-state index is 6.94. The van der Waals surface area contributed by atoms with Gasteiger partial charge in [0.15, 0.2) is 0 Å². The third-order valence-corrected chi connectivity index (χ3v) is 6.03. The molecule has 2 aliphatic carbocycles. The standard InChI is InChI=1S/C19H30N2/c1-18(2,3)15-7-4-11-19(20,12-10-15)16-9-8-14-6-5-13-21-17(14)16/h5-6,13,15-16H,4,7-12,20H2,1-3H3. The first-order valence-corrected chi connectivity index (χ1v) is 8.63.